The maximum absolute atomic E-state index is 13.4. The standard InChI is InChI=1S/C22H18ClFN4O2S/c23-19-7-11-21(12-8-19)31(29,30)28(15-17-3-9-20(24)10-4-17)14-16-1-5-18(6-2-16)22-13-25-27-26-22/h1-12H,13-15H2. The summed E-state index contributed by atoms with van der Waals surface area (Å²) in [6.07, 6.45) is 0. The van der Waals surface area contributed by atoms with Crippen molar-refractivity contribution < 1.29 is 12.8 Å². The average Bonchev–Trinajstić information content (AvgIpc) is 3.30. The molecule has 0 N–H and O–H groups in total. The molecule has 6 nitrogen and oxygen atoms in total. The molecule has 0 atom stereocenters. The van der Waals surface area contributed by atoms with Gasteiger partial charge < -0.3 is 0 Å². The molecule has 3 aromatic carbocycles. The van der Waals surface area contributed by atoms with E-state index in [0.717, 1.165) is 16.8 Å². The van der Waals surface area contributed by atoms with Gasteiger partial charge >= 0.3 is 0 Å². The highest BCUT2D eigenvalue weighted by molar-refractivity contribution is 7.89. The Labute approximate surface area is 184 Å². The SMILES string of the molecule is O=S(=O)(c1ccc(Cl)cc1)N(Cc1ccc(F)cc1)Cc1ccc(C2=NN=NC2)cc1. The first-order chi connectivity index (χ1) is 14.9. The number of hydrogen-bond acceptors (Lipinski definition) is 5. The summed E-state index contributed by atoms with van der Waals surface area (Å²) in [5.41, 5.74) is 3.14. The van der Waals surface area contributed by atoms with Crippen molar-refractivity contribution in [1.29, 1.82) is 0 Å². The van der Waals surface area contributed by atoms with Crippen LogP contribution in [-0.2, 0) is 23.1 Å². The average molecular weight is 457 g/mol. The number of sulfonamides is 1. The molecule has 0 unspecified atom stereocenters. The minimum absolute atomic E-state index is 0.0947. The number of benzene rings is 3. The minimum Gasteiger partial charge on any atom is -0.207 e. The summed E-state index contributed by atoms with van der Waals surface area (Å²) in [6, 6.07) is 19.3. The topological polar surface area (TPSA) is 74.5 Å². The molecule has 1 heterocycles. The fraction of sp³-hybridized carbons (Fsp3) is 0.136. The highest BCUT2D eigenvalue weighted by atomic mass is 35.5. The van der Waals surface area contributed by atoms with Gasteiger partial charge in [-0.25, -0.2) is 12.8 Å². The molecule has 0 saturated carbocycles. The minimum atomic E-state index is -3.82. The third-order valence-corrected chi connectivity index (χ3v) is 6.88. The van der Waals surface area contributed by atoms with Crippen molar-refractivity contribution in [3.05, 3.63) is 100 Å². The van der Waals surface area contributed by atoms with E-state index in [1.807, 2.05) is 24.3 Å². The van der Waals surface area contributed by atoms with Crippen molar-refractivity contribution in [2.45, 2.75) is 18.0 Å². The van der Waals surface area contributed by atoms with E-state index in [1.165, 1.54) is 40.7 Å². The molecule has 0 spiro atoms. The Bertz CT molecular complexity index is 1230. The van der Waals surface area contributed by atoms with E-state index < -0.39 is 10.0 Å². The van der Waals surface area contributed by atoms with Gasteiger partial charge in [0.1, 0.15) is 12.4 Å². The molecular formula is C22H18ClFN4O2S. The quantitative estimate of drug-likeness (QED) is 0.499. The molecule has 1 aliphatic rings. The molecule has 0 fully saturated rings. The molecule has 9 heteroatoms. The van der Waals surface area contributed by atoms with Gasteiger partial charge in [0.15, 0.2) is 0 Å². The highest BCUT2D eigenvalue weighted by Crippen LogP contribution is 2.23. The molecule has 31 heavy (non-hydrogen) atoms. The smallest absolute Gasteiger partial charge is 0.207 e. The first-order valence-corrected chi connectivity index (χ1v) is 11.3. The van der Waals surface area contributed by atoms with Crippen molar-refractivity contribution in [1.82, 2.24) is 4.31 Å². The van der Waals surface area contributed by atoms with Crippen LogP contribution in [0.2, 0.25) is 5.02 Å². The molecule has 0 aromatic heterocycles. The van der Waals surface area contributed by atoms with Crippen LogP contribution in [0.15, 0.2) is 93.1 Å². The van der Waals surface area contributed by atoms with Gasteiger partial charge in [0.05, 0.1) is 10.6 Å². The van der Waals surface area contributed by atoms with Crippen LogP contribution in [0.1, 0.15) is 16.7 Å². The highest BCUT2D eigenvalue weighted by Gasteiger charge is 2.25. The Hall–Kier alpha value is -2.94. The van der Waals surface area contributed by atoms with Crippen molar-refractivity contribution in [2.24, 2.45) is 15.4 Å². The molecule has 3 aromatic rings. The van der Waals surface area contributed by atoms with Gasteiger partial charge in [-0.1, -0.05) is 48.0 Å². The van der Waals surface area contributed by atoms with E-state index in [9.17, 15) is 12.8 Å². The zero-order valence-electron chi connectivity index (χ0n) is 16.3. The Balaban J connectivity index is 1.63. The Morgan fingerprint density at radius 1 is 0.871 bits per heavy atom. The van der Waals surface area contributed by atoms with Crippen molar-refractivity contribution in [2.75, 3.05) is 6.54 Å². The van der Waals surface area contributed by atoms with Crippen molar-refractivity contribution in [3.8, 4) is 0 Å². The second-order valence-electron chi connectivity index (χ2n) is 6.99. The fourth-order valence-corrected chi connectivity index (χ4v) is 4.69. The third kappa shape index (κ3) is 5.04. The molecular weight excluding hydrogens is 439 g/mol. The van der Waals surface area contributed by atoms with Crippen LogP contribution in [0.4, 0.5) is 4.39 Å². The summed E-state index contributed by atoms with van der Waals surface area (Å²) >= 11 is 5.92. The molecule has 4 rings (SSSR count). The number of hydrogen-bond donors (Lipinski definition) is 0. The summed E-state index contributed by atoms with van der Waals surface area (Å²) < 4.78 is 41.4. The second kappa shape index (κ2) is 9.05. The normalized spacial score (nSPS) is 13.6. The zero-order chi connectivity index (χ0) is 21.8. The molecule has 0 aliphatic carbocycles. The lowest BCUT2D eigenvalue weighted by atomic mass is 10.1. The first-order valence-electron chi connectivity index (χ1n) is 9.45. The Morgan fingerprint density at radius 2 is 1.45 bits per heavy atom. The van der Waals surface area contributed by atoms with Gasteiger partial charge in [-0.3, -0.25) is 0 Å². The van der Waals surface area contributed by atoms with Crippen LogP contribution in [0.5, 0.6) is 0 Å². The fourth-order valence-electron chi connectivity index (χ4n) is 3.15. The van der Waals surface area contributed by atoms with E-state index in [4.69, 9.17) is 11.6 Å². The predicted molar refractivity (Wildman–Crippen MR) is 117 cm³/mol. The monoisotopic (exact) mass is 456 g/mol. The van der Waals surface area contributed by atoms with Crippen LogP contribution >= 0.6 is 11.6 Å². The predicted octanol–water partition coefficient (Wildman–Crippen LogP) is 5.04. The molecule has 158 valence electrons. The van der Waals surface area contributed by atoms with Crippen LogP contribution < -0.4 is 0 Å². The van der Waals surface area contributed by atoms with Gasteiger partial charge in [0.25, 0.3) is 0 Å². The van der Waals surface area contributed by atoms with Gasteiger partial charge in [-0.05, 0) is 58.3 Å². The van der Waals surface area contributed by atoms with Gasteiger partial charge in [0, 0.05) is 18.1 Å². The van der Waals surface area contributed by atoms with Crippen molar-refractivity contribution >= 4 is 27.3 Å². The van der Waals surface area contributed by atoms with Crippen LogP contribution in [-0.4, -0.2) is 25.0 Å². The number of nitrogens with zero attached hydrogens (tertiary/aromatic N) is 4. The lowest BCUT2D eigenvalue weighted by Crippen LogP contribution is -2.30. The molecule has 0 radical (unpaired) electrons. The van der Waals surface area contributed by atoms with Crippen molar-refractivity contribution in [3.63, 3.8) is 0 Å². The molecule has 1 aliphatic heterocycles. The second-order valence-corrected chi connectivity index (χ2v) is 9.36. The Kier molecular flexibility index (Phi) is 6.22. The van der Waals surface area contributed by atoms with Crippen LogP contribution in [0.25, 0.3) is 0 Å². The number of rotatable bonds is 7. The number of halogens is 2. The maximum atomic E-state index is 13.4. The molecule has 0 bridgehead atoms. The first kappa shape index (κ1) is 21.3. The Morgan fingerprint density at radius 3 is 2.00 bits per heavy atom. The summed E-state index contributed by atoms with van der Waals surface area (Å²) in [6.45, 7) is 0.669. The van der Waals surface area contributed by atoms with E-state index in [0.29, 0.717) is 17.1 Å². The van der Waals surface area contributed by atoms with Gasteiger partial charge in [-0.15, -0.1) is 5.10 Å². The van der Waals surface area contributed by atoms with E-state index >= 15 is 0 Å². The largest absolute Gasteiger partial charge is 0.243 e. The van der Waals surface area contributed by atoms with Gasteiger partial charge in [0.2, 0.25) is 10.0 Å². The van der Waals surface area contributed by atoms with E-state index in [1.54, 1.807) is 12.1 Å². The summed E-state index contributed by atoms with van der Waals surface area (Å²) in [7, 11) is -3.82. The third-order valence-electron chi connectivity index (χ3n) is 4.82. The van der Waals surface area contributed by atoms with E-state index in [2.05, 4.69) is 15.4 Å². The van der Waals surface area contributed by atoms with Crippen LogP contribution in [0.3, 0.4) is 0 Å². The lowest BCUT2D eigenvalue weighted by Gasteiger charge is -2.23. The molecule has 0 saturated heterocycles. The summed E-state index contributed by atoms with van der Waals surface area (Å²) in [5.74, 6) is -0.375. The molecule has 0 amide bonds. The summed E-state index contributed by atoms with van der Waals surface area (Å²) in [5, 5.41) is 11.9. The van der Waals surface area contributed by atoms with Crippen LogP contribution in [0, 0.1) is 5.82 Å². The maximum Gasteiger partial charge on any atom is 0.243 e. The van der Waals surface area contributed by atoms with E-state index in [-0.39, 0.29) is 23.8 Å². The van der Waals surface area contributed by atoms with Gasteiger partial charge in [-0.2, -0.15) is 9.42 Å². The summed E-state index contributed by atoms with van der Waals surface area (Å²) in [4.78, 5) is 0.138. The zero-order valence-corrected chi connectivity index (χ0v) is 17.9. The lowest BCUT2D eigenvalue weighted by molar-refractivity contribution is 0.401.